The summed E-state index contributed by atoms with van der Waals surface area (Å²) >= 11 is 0. The summed E-state index contributed by atoms with van der Waals surface area (Å²) in [6.45, 7) is 0.445. The minimum Gasteiger partial charge on any atom is -0.357 e. The van der Waals surface area contributed by atoms with Crippen LogP contribution in [0.3, 0.4) is 0 Å². The number of halogens is 3. The van der Waals surface area contributed by atoms with Gasteiger partial charge in [-0.25, -0.2) is 4.79 Å². The fourth-order valence-electron chi connectivity index (χ4n) is 3.93. The summed E-state index contributed by atoms with van der Waals surface area (Å²) in [5, 5.41) is 2.87. The Hall–Kier alpha value is -3.55. The summed E-state index contributed by atoms with van der Waals surface area (Å²) in [5.41, 5.74) is 4.00. The molecule has 2 amide bonds. The molecule has 0 aliphatic carbocycles. The lowest BCUT2D eigenvalue weighted by molar-refractivity contribution is -0.140. The number of urea groups is 1. The molecule has 30 heavy (non-hydrogen) atoms. The molecule has 3 aromatic rings. The standard InChI is InChI=1S/C22H17F3N4O/c23-22(24,25)20-9-16(11-27-20)13-1-3-15(4-2-13)19-12-28-21(30)29(19)17-6-5-14-7-8-26-18(14)10-17/h1-6,8-11,19,27H,7,12H2,(H,28,30). The van der Waals surface area contributed by atoms with Crippen LogP contribution in [0.25, 0.3) is 11.1 Å². The Kier molecular flexibility index (Phi) is 4.16. The predicted molar refractivity (Wildman–Crippen MR) is 108 cm³/mol. The molecule has 2 aliphatic rings. The zero-order chi connectivity index (χ0) is 20.9. The van der Waals surface area contributed by atoms with E-state index in [4.69, 9.17) is 0 Å². The summed E-state index contributed by atoms with van der Waals surface area (Å²) in [7, 11) is 0. The molecule has 2 aromatic carbocycles. The van der Waals surface area contributed by atoms with Gasteiger partial charge in [-0.3, -0.25) is 9.89 Å². The second-order valence-corrected chi connectivity index (χ2v) is 7.32. The number of aromatic nitrogens is 1. The lowest BCUT2D eigenvalue weighted by atomic mass is 10.0. The van der Waals surface area contributed by atoms with Gasteiger partial charge in [0.1, 0.15) is 5.69 Å². The first kappa shape index (κ1) is 18.5. The second kappa shape index (κ2) is 6.76. The molecular weight excluding hydrogens is 393 g/mol. The third-order valence-electron chi connectivity index (χ3n) is 5.48. The number of anilines is 1. The number of hydrogen-bond acceptors (Lipinski definition) is 2. The van der Waals surface area contributed by atoms with Gasteiger partial charge in [0.05, 0.1) is 11.7 Å². The van der Waals surface area contributed by atoms with Crippen LogP contribution in [0.1, 0.15) is 22.9 Å². The van der Waals surface area contributed by atoms with Crippen LogP contribution in [0.15, 0.2) is 59.7 Å². The number of carbonyl (C=O) groups is 1. The third-order valence-corrected chi connectivity index (χ3v) is 5.48. The first-order valence-corrected chi connectivity index (χ1v) is 9.48. The van der Waals surface area contributed by atoms with Crippen LogP contribution in [0.5, 0.6) is 0 Å². The van der Waals surface area contributed by atoms with Gasteiger partial charge in [-0.05, 0) is 40.5 Å². The molecule has 3 heterocycles. The number of fused-ring (bicyclic) bond motifs is 1. The number of alkyl halides is 3. The Morgan fingerprint density at radius 1 is 1.03 bits per heavy atom. The molecule has 0 saturated carbocycles. The van der Waals surface area contributed by atoms with Crippen molar-refractivity contribution in [3.8, 4) is 11.1 Å². The van der Waals surface area contributed by atoms with Gasteiger partial charge in [-0.15, -0.1) is 0 Å². The van der Waals surface area contributed by atoms with E-state index in [2.05, 4.69) is 15.3 Å². The van der Waals surface area contributed by atoms with Crippen LogP contribution >= 0.6 is 0 Å². The largest absolute Gasteiger partial charge is 0.431 e. The Bertz CT molecular complexity index is 1150. The number of benzene rings is 2. The summed E-state index contributed by atoms with van der Waals surface area (Å²) in [5.74, 6) is 0. The summed E-state index contributed by atoms with van der Waals surface area (Å²) in [6.07, 6.45) is -0.424. The van der Waals surface area contributed by atoms with Crippen LogP contribution in [0, 0.1) is 0 Å². The van der Waals surface area contributed by atoms with E-state index in [0.29, 0.717) is 17.7 Å². The molecule has 1 aromatic heterocycles. The maximum absolute atomic E-state index is 12.8. The molecule has 2 N–H and O–H groups in total. The number of aliphatic imine (C=N–C) groups is 1. The van der Waals surface area contributed by atoms with Crippen molar-refractivity contribution < 1.29 is 18.0 Å². The molecule has 2 aliphatic heterocycles. The highest BCUT2D eigenvalue weighted by Gasteiger charge is 2.34. The van der Waals surface area contributed by atoms with Crippen LogP contribution in [0.2, 0.25) is 0 Å². The van der Waals surface area contributed by atoms with Gasteiger partial charge in [-0.2, -0.15) is 13.2 Å². The van der Waals surface area contributed by atoms with E-state index in [1.807, 2.05) is 36.5 Å². The highest BCUT2D eigenvalue weighted by Crippen LogP contribution is 2.36. The molecule has 5 nitrogen and oxygen atoms in total. The molecule has 0 bridgehead atoms. The molecule has 0 radical (unpaired) electrons. The lowest BCUT2D eigenvalue weighted by Crippen LogP contribution is -2.29. The zero-order valence-corrected chi connectivity index (χ0v) is 15.7. The van der Waals surface area contributed by atoms with E-state index in [1.165, 1.54) is 6.20 Å². The Morgan fingerprint density at radius 3 is 2.57 bits per heavy atom. The van der Waals surface area contributed by atoms with Gasteiger partial charge in [-0.1, -0.05) is 30.3 Å². The van der Waals surface area contributed by atoms with Crippen molar-refractivity contribution in [1.29, 1.82) is 0 Å². The normalized spacial score (nSPS) is 18.0. The number of H-pyrrole nitrogens is 1. The quantitative estimate of drug-likeness (QED) is 0.610. The van der Waals surface area contributed by atoms with Crippen molar-refractivity contribution in [2.45, 2.75) is 18.6 Å². The van der Waals surface area contributed by atoms with Crippen LogP contribution in [0.4, 0.5) is 29.3 Å². The molecular formula is C22H17F3N4O. The Morgan fingerprint density at radius 2 is 1.83 bits per heavy atom. The lowest BCUT2D eigenvalue weighted by Gasteiger charge is -2.24. The van der Waals surface area contributed by atoms with Crippen LogP contribution in [-0.4, -0.2) is 23.8 Å². The van der Waals surface area contributed by atoms with Gasteiger partial charge in [0, 0.05) is 31.1 Å². The monoisotopic (exact) mass is 410 g/mol. The molecule has 5 rings (SSSR count). The maximum atomic E-state index is 12.8. The number of rotatable bonds is 3. The fraction of sp³-hybridized carbons (Fsp3) is 0.182. The van der Waals surface area contributed by atoms with Gasteiger partial charge < -0.3 is 10.3 Å². The van der Waals surface area contributed by atoms with Crippen molar-refractivity contribution >= 4 is 23.6 Å². The molecule has 1 saturated heterocycles. The van der Waals surface area contributed by atoms with E-state index in [1.54, 1.807) is 17.0 Å². The molecule has 1 atom stereocenters. The van der Waals surface area contributed by atoms with E-state index in [0.717, 1.165) is 35.0 Å². The van der Waals surface area contributed by atoms with Gasteiger partial charge >= 0.3 is 12.2 Å². The van der Waals surface area contributed by atoms with Crippen molar-refractivity contribution in [3.63, 3.8) is 0 Å². The smallest absolute Gasteiger partial charge is 0.357 e. The number of nitrogens with one attached hydrogen (secondary N) is 2. The third kappa shape index (κ3) is 3.14. The van der Waals surface area contributed by atoms with Crippen molar-refractivity contribution in [1.82, 2.24) is 10.3 Å². The van der Waals surface area contributed by atoms with Gasteiger partial charge in [0.2, 0.25) is 0 Å². The van der Waals surface area contributed by atoms with Crippen LogP contribution < -0.4 is 10.2 Å². The molecule has 1 unspecified atom stereocenters. The first-order valence-electron chi connectivity index (χ1n) is 9.48. The Balaban J connectivity index is 1.42. The number of aromatic amines is 1. The molecule has 152 valence electrons. The minimum atomic E-state index is -4.41. The number of nitrogens with zero attached hydrogens (tertiary/aromatic N) is 2. The summed E-state index contributed by atoms with van der Waals surface area (Å²) in [4.78, 5) is 20.8. The second-order valence-electron chi connectivity index (χ2n) is 7.32. The predicted octanol–water partition coefficient (Wildman–Crippen LogP) is 5.23. The van der Waals surface area contributed by atoms with Crippen LogP contribution in [-0.2, 0) is 12.6 Å². The number of amides is 2. The van der Waals surface area contributed by atoms with E-state index < -0.39 is 11.9 Å². The molecule has 8 heteroatoms. The minimum absolute atomic E-state index is 0.188. The highest BCUT2D eigenvalue weighted by atomic mass is 19.4. The van der Waals surface area contributed by atoms with Gasteiger partial charge in [0.25, 0.3) is 0 Å². The van der Waals surface area contributed by atoms with Crippen molar-refractivity contribution in [2.24, 2.45) is 4.99 Å². The van der Waals surface area contributed by atoms with E-state index in [9.17, 15) is 18.0 Å². The van der Waals surface area contributed by atoms with Gasteiger partial charge in [0.15, 0.2) is 0 Å². The van der Waals surface area contributed by atoms with Crippen molar-refractivity contribution in [2.75, 3.05) is 11.4 Å². The fourth-order valence-corrected chi connectivity index (χ4v) is 3.93. The van der Waals surface area contributed by atoms with Crippen molar-refractivity contribution in [3.05, 3.63) is 71.5 Å². The topological polar surface area (TPSA) is 60.5 Å². The molecule has 1 fully saturated rings. The summed E-state index contributed by atoms with van der Waals surface area (Å²) < 4.78 is 38.5. The number of carbonyl (C=O) groups excluding carboxylic acids is 1. The number of hydrogen-bond donors (Lipinski definition) is 2. The van der Waals surface area contributed by atoms with E-state index in [-0.39, 0.29) is 12.1 Å². The average molecular weight is 410 g/mol. The first-order chi connectivity index (χ1) is 14.4. The Labute approximate surface area is 170 Å². The zero-order valence-electron chi connectivity index (χ0n) is 15.7. The SMILES string of the molecule is O=C1NCC(c2ccc(-c3c[nH]c(C(F)(F)F)c3)cc2)N1c1ccc2c(c1)N=CC2. The molecule has 0 spiro atoms. The highest BCUT2D eigenvalue weighted by molar-refractivity contribution is 5.96. The average Bonchev–Trinajstić information content (AvgIpc) is 3.46. The maximum Gasteiger partial charge on any atom is 0.431 e. The summed E-state index contributed by atoms with van der Waals surface area (Å²) in [6, 6.07) is 13.7. The van der Waals surface area contributed by atoms with E-state index >= 15 is 0 Å².